The molecule has 0 aromatic carbocycles. The van der Waals surface area contributed by atoms with E-state index >= 15 is 0 Å². The summed E-state index contributed by atoms with van der Waals surface area (Å²) in [6.45, 7) is 3.61. The molecule has 0 aromatic rings. The van der Waals surface area contributed by atoms with Crippen molar-refractivity contribution >= 4 is 11.8 Å². The summed E-state index contributed by atoms with van der Waals surface area (Å²) >= 11 is 0. The number of hydrogen-bond donors (Lipinski definition) is 2. The van der Waals surface area contributed by atoms with E-state index < -0.39 is 0 Å². The Morgan fingerprint density at radius 3 is 2.69 bits per heavy atom. The van der Waals surface area contributed by atoms with Crippen molar-refractivity contribution in [3.63, 3.8) is 0 Å². The smallest absolute Gasteiger partial charge is 0.240 e. The molecule has 5 heteroatoms. The molecule has 2 aliphatic rings. The molecule has 0 aromatic heterocycles. The van der Waals surface area contributed by atoms with Crippen LogP contribution in [0.5, 0.6) is 0 Å². The molecule has 3 unspecified atom stereocenters. The summed E-state index contributed by atoms with van der Waals surface area (Å²) in [5.74, 6) is 0.0180. The number of carbonyl (C=O) groups excluding carboxylic acids is 2. The average molecular weight is 225 g/mol. The molecule has 2 rings (SSSR count). The topological polar surface area (TPSA) is 75.4 Å². The van der Waals surface area contributed by atoms with Crippen LogP contribution in [0, 0.1) is 5.92 Å². The van der Waals surface area contributed by atoms with E-state index in [2.05, 4.69) is 12.2 Å². The van der Waals surface area contributed by atoms with Crippen LogP contribution in [0.25, 0.3) is 0 Å². The van der Waals surface area contributed by atoms with Gasteiger partial charge in [-0.1, -0.05) is 6.92 Å². The average Bonchev–Trinajstić information content (AvgIpc) is 2.84. The Labute approximate surface area is 95.3 Å². The fraction of sp³-hybridized carbons (Fsp3) is 0.818. The van der Waals surface area contributed by atoms with E-state index in [4.69, 9.17) is 5.73 Å². The van der Waals surface area contributed by atoms with Crippen molar-refractivity contribution in [1.29, 1.82) is 0 Å². The largest absolute Gasteiger partial charge is 0.368 e. The maximum absolute atomic E-state index is 12.2. The fourth-order valence-corrected chi connectivity index (χ4v) is 2.67. The number of carbonyl (C=O) groups is 2. The third-order valence-corrected chi connectivity index (χ3v) is 3.66. The van der Waals surface area contributed by atoms with Gasteiger partial charge in [0.15, 0.2) is 0 Å². The van der Waals surface area contributed by atoms with E-state index in [1.54, 1.807) is 4.90 Å². The van der Waals surface area contributed by atoms with Gasteiger partial charge >= 0.3 is 0 Å². The molecule has 3 atom stereocenters. The van der Waals surface area contributed by atoms with Crippen molar-refractivity contribution in [2.45, 2.75) is 38.3 Å². The molecule has 2 aliphatic heterocycles. The van der Waals surface area contributed by atoms with Crippen molar-refractivity contribution in [3.8, 4) is 0 Å². The second-order valence-electron chi connectivity index (χ2n) is 4.79. The van der Waals surface area contributed by atoms with Crippen molar-refractivity contribution in [2.75, 3.05) is 13.1 Å². The zero-order chi connectivity index (χ0) is 11.7. The number of hydrogen-bond acceptors (Lipinski definition) is 3. The predicted molar refractivity (Wildman–Crippen MR) is 59.5 cm³/mol. The first-order valence-corrected chi connectivity index (χ1v) is 5.94. The molecule has 0 saturated carbocycles. The highest BCUT2D eigenvalue weighted by molar-refractivity contribution is 5.89. The minimum atomic E-state index is -0.387. The second-order valence-corrected chi connectivity index (χ2v) is 4.79. The predicted octanol–water partition coefficient (Wildman–Crippen LogP) is -0.539. The lowest BCUT2D eigenvalue weighted by molar-refractivity contribution is -0.139. The number of amides is 2. The lowest BCUT2D eigenvalue weighted by atomic mass is 10.0. The van der Waals surface area contributed by atoms with Gasteiger partial charge in [0.1, 0.15) is 6.04 Å². The maximum atomic E-state index is 12.2. The first-order chi connectivity index (χ1) is 7.61. The Balaban J connectivity index is 2.06. The minimum absolute atomic E-state index is 0.0475. The van der Waals surface area contributed by atoms with Crippen molar-refractivity contribution < 1.29 is 9.59 Å². The lowest BCUT2D eigenvalue weighted by Crippen LogP contribution is -2.51. The highest BCUT2D eigenvalue weighted by Gasteiger charge is 2.39. The zero-order valence-corrected chi connectivity index (χ0v) is 9.61. The first kappa shape index (κ1) is 11.4. The van der Waals surface area contributed by atoms with Gasteiger partial charge in [-0.15, -0.1) is 0 Å². The number of primary amides is 1. The lowest BCUT2D eigenvalue weighted by Gasteiger charge is -2.27. The molecule has 90 valence electrons. The van der Waals surface area contributed by atoms with Gasteiger partial charge in [0.25, 0.3) is 0 Å². The standard InChI is InChI=1S/C11H19N3O2/c1-7-4-5-13-9(7)11(16)14-6-2-3-8(14)10(12)15/h7-9,13H,2-6H2,1H3,(H2,12,15). The van der Waals surface area contributed by atoms with E-state index in [-0.39, 0.29) is 23.9 Å². The zero-order valence-electron chi connectivity index (χ0n) is 9.61. The van der Waals surface area contributed by atoms with Gasteiger partial charge in [0.05, 0.1) is 6.04 Å². The SMILES string of the molecule is CC1CCNC1C(=O)N1CCCC1C(N)=O. The van der Waals surface area contributed by atoms with Crippen molar-refractivity contribution in [3.05, 3.63) is 0 Å². The summed E-state index contributed by atoms with van der Waals surface area (Å²) in [5.41, 5.74) is 5.31. The molecule has 0 aliphatic carbocycles. The second kappa shape index (κ2) is 4.41. The number of rotatable bonds is 2. The molecule has 16 heavy (non-hydrogen) atoms. The van der Waals surface area contributed by atoms with Crippen LogP contribution in [0.1, 0.15) is 26.2 Å². The van der Waals surface area contributed by atoms with Crippen LogP contribution in [0.15, 0.2) is 0 Å². The number of nitrogens with one attached hydrogen (secondary N) is 1. The third-order valence-electron chi connectivity index (χ3n) is 3.66. The molecule has 2 saturated heterocycles. The molecule has 0 spiro atoms. The third kappa shape index (κ3) is 1.91. The quantitative estimate of drug-likeness (QED) is 0.663. The molecule has 0 radical (unpaired) electrons. The molecular formula is C11H19N3O2. The van der Waals surface area contributed by atoms with Crippen LogP contribution in [-0.2, 0) is 9.59 Å². The van der Waals surface area contributed by atoms with Crippen LogP contribution < -0.4 is 11.1 Å². The maximum Gasteiger partial charge on any atom is 0.240 e. The monoisotopic (exact) mass is 225 g/mol. The van der Waals surface area contributed by atoms with Gasteiger partial charge in [-0.3, -0.25) is 9.59 Å². The summed E-state index contributed by atoms with van der Waals surface area (Å²) in [7, 11) is 0. The Morgan fingerprint density at radius 1 is 1.38 bits per heavy atom. The summed E-state index contributed by atoms with van der Waals surface area (Å²) in [6, 6.07) is -0.512. The van der Waals surface area contributed by atoms with Gasteiger partial charge in [0.2, 0.25) is 11.8 Å². The van der Waals surface area contributed by atoms with Crippen LogP contribution >= 0.6 is 0 Å². The van der Waals surface area contributed by atoms with Gasteiger partial charge in [-0.25, -0.2) is 0 Å². The van der Waals surface area contributed by atoms with E-state index in [9.17, 15) is 9.59 Å². The van der Waals surface area contributed by atoms with Gasteiger partial charge in [-0.2, -0.15) is 0 Å². The van der Waals surface area contributed by atoms with Crippen LogP contribution in [0.4, 0.5) is 0 Å². The van der Waals surface area contributed by atoms with Gasteiger partial charge in [0, 0.05) is 6.54 Å². The van der Waals surface area contributed by atoms with Gasteiger partial charge in [-0.05, 0) is 31.7 Å². The highest BCUT2D eigenvalue weighted by Crippen LogP contribution is 2.22. The van der Waals surface area contributed by atoms with Crippen LogP contribution in [-0.4, -0.2) is 41.9 Å². The van der Waals surface area contributed by atoms with Gasteiger partial charge < -0.3 is 16.0 Å². The van der Waals surface area contributed by atoms with Crippen LogP contribution in [0.3, 0.4) is 0 Å². The molecule has 3 N–H and O–H groups in total. The van der Waals surface area contributed by atoms with Crippen molar-refractivity contribution in [1.82, 2.24) is 10.2 Å². The Kier molecular flexibility index (Phi) is 3.14. The Bertz CT molecular complexity index is 306. The normalized spacial score (nSPS) is 34.3. The van der Waals surface area contributed by atoms with Crippen molar-refractivity contribution in [2.24, 2.45) is 11.7 Å². The number of likely N-dealkylation sites (tertiary alicyclic amines) is 1. The first-order valence-electron chi connectivity index (χ1n) is 5.94. The fourth-order valence-electron chi connectivity index (χ4n) is 2.67. The highest BCUT2D eigenvalue weighted by atomic mass is 16.2. The Hall–Kier alpha value is -1.10. The molecule has 0 bridgehead atoms. The van der Waals surface area contributed by atoms with Crippen LogP contribution in [0.2, 0.25) is 0 Å². The number of nitrogens with zero attached hydrogens (tertiary/aromatic N) is 1. The van der Waals surface area contributed by atoms with E-state index in [1.165, 1.54) is 0 Å². The molecule has 2 fully saturated rings. The summed E-state index contributed by atoms with van der Waals surface area (Å²) < 4.78 is 0. The summed E-state index contributed by atoms with van der Waals surface area (Å²) in [4.78, 5) is 25.1. The Morgan fingerprint density at radius 2 is 2.12 bits per heavy atom. The molecular weight excluding hydrogens is 206 g/mol. The molecule has 2 heterocycles. The van der Waals surface area contributed by atoms with E-state index in [0.29, 0.717) is 18.9 Å². The molecule has 2 amide bonds. The minimum Gasteiger partial charge on any atom is -0.368 e. The molecule has 5 nitrogen and oxygen atoms in total. The van der Waals surface area contributed by atoms with E-state index in [0.717, 1.165) is 19.4 Å². The summed E-state index contributed by atoms with van der Waals surface area (Å²) in [5, 5.41) is 3.20. The van der Waals surface area contributed by atoms with E-state index in [1.807, 2.05) is 0 Å². The summed E-state index contributed by atoms with van der Waals surface area (Å²) in [6.07, 6.45) is 2.61. The number of nitrogens with two attached hydrogens (primary N) is 1.